The van der Waals surface area contributed by atoms with E-state index < -0.39 is 0 Å². The van der Waals surface area contributed by atoms with Crippen molar-refractivity contribution in [3.05, 3.63) is 111 Å². The molecule has 0 saturated heterocycles. The smallest absolute Gasteiger partial charge is 0.102 e. The first-order valence-corrected chi connectivity index (χ1v) is 10.6. The fourth-order valence-corrected chi connectivity index (χ4v) is 4.61. The summed E-state index contributed by atoms with van der Waals surface area (Å²) in [5, 5.41) is 4.36. The molecule has 6 rings (SSSR count). The molecule has 3 heteroatoms. The predicted octanol–water partition coefficient (Wildman–Crippen LogP) is 5.66. The van der Waals surface area contributed by atoms with Crippen LogP contribution in [0.2, 0.25) is 0 Å². The molecule has 4 aromatic carbocycles. The molecule has 2 aliphatic rings. The van der Waals surface area contributed by atoms with Gasteiger partial charge >= 0.3 is 0 Å². The Labute approximate surface area is 177 Å². The van der Waals surface area contributed by atoms with Crippen LogP contribution in [0.15, 0.2) is 99.4 Å². The third-order valence-corrected chi connectivity index (χ3v) is 6.34. The Balaban J connectivity index is 1.54. The van der Waals surface area contributed by atoms with E-state index in [4.69, 9.17) is 9.98 Å². The highest BCUT2D eigenvalue weighted by Crippen LogP contribution is 2.33. The number of halogens is 1. The van der Waals surface area contributed by atoms with Gasteiger partial charge in [-0.25, -0.2) is 0 Å². The lowest BCUT2D eigenvalue weighted by atomic mass is 9.89. The molecule has 1 aliphatic carbocycles. The van der Waals surface area contributed by atoms with Gasteiger partial charge in [0.05, 0.1) is 16.8 Å². The Morgan fingerprint density at radius 1 is 0.759 bits per heavy atom. The van der Waals surface area contributed by atoms with Gasteiger partial charge in [0.15, 0.2) is 0 Å². The third kappa shape index (κ3) is 2.77. The van der Waals surface area contributed by atoms with Gasteiger partial charge in [-0.1, -0.05) is 82.7 Å². The zero-order valence-electron chi connectivity index (χ0n) is 15.6. The van der Waals surface area contributed by atoms with Crippen LogP contribution in [0.5, 0.6) is 0 Å². The van der Waals surface area contributed by atoms with E-state index in [2.05, 4.69) is 107 Å². The van der Waals surface area contributed by atoms with Crippen LogP contribution in [0.1, 0.15) is 17.2 Å². The summed E-state index contributed by atoms with van der Waals surface area (Å²) in [6.45, 7) is 0. The molecule has 0 fully saturated rings. The van der Waals surface area contributed by atoms with E-state index in [1.54, 1.807) is 0 Å². The number of benzene rings is 4. The zero-order valence-corrected chi connectivity index (χ0v) is 17.2. The van der Waals surface area contributed by atoms with Crippen LogP contribution in [0, 0.1) is 0 Å². The monoisotopic (exact) mass is 436 g/mol. The van der Waals surface area contributed by atoms with Crippen LogP contribution in [0.4, 0.5) is 0 Å². The molecule has 4 aromatic rings. The van der Waals surface area contributed by atoms with E-state index in [1.807, 2.05) is 0 Å². The van der Waals surface area contributed by atoms with Gasteiger partial charge in [0.1, 0.15) is 6.04 Å². The van der Waals surface area contributed by atoms with Crippen molar-refractivity contribution in [2.45, 2.75) is 12.1 Å². The lowest BCUT2D eigenvalue weighted by Crippen LogP contribution is -2.36. The maximum absolute atomic E-state index is 5.20. The lowest BCUT2D eigenvalue weighted by Gasteiger charge is -2.26. The molecule has 0 radical (unpaired) electrons. The van der Waals surface area contributed by atoms with Gasteiger partial charge in [-0.2, -0.15) is 0 Å². The molecule has 0 saturated carbocycles. The second-order valence-corrected chi connectivity index (χ2v) is 8.47. The summed E-state index contributed by atoms with van der Waals surface area (Å²) in [7, 11) is 0. The predicted molar refractivity (Wildman–Crippen MR) is 121 cm³/mol. The largest absolute Gasteiger partial charge is 0.273 e. The summed E-state index contributed by atoms with van der Waals surface area (Å²) in [6.07, 6.45) is 4.35. The van der Waals surface area contributed by atoms with Crippen LogP contribution < -0.4 is 10.7 Å². The van der Waals surface area contributed by atoms with Crippen molar-refractivity contribution in [1.29, 1.82) is 0 Å². The van der Waals surface area contributed by atoms with Crippen molar-refractivity contribution in [3.63, 3.8) is 0 Å². The van der Waals surface area contributed by atoms with E-state index in [1.165, 1.54) is 27.6 Å². The Hall–Kier alpha value is -3.04. The molecule has 0 N–H and O–H groups in total. The van der Waals surface area contributed by atoms with Crippen molar-refractivity contribution in [3.8, 4) is 11.1 Å². The third-order valence-electron chi connectivity index (χ3n) is 5.82. The van der Waals surface area contributed by atoms with Gasteiger partial charge in [0.25, 0.3) is 0 Å². The molecule has 2 nitrogen and oxygen atoms in total. The molecule has 2 unspecified atom stereocenters. The first kappa shape index (κ1) is 16.9. The minimum atomic E-state index is 0.0560. The van der Waals surface area contributed by atoms with E-state index >= 15 is 0 Å². The van der Waals surface area contributed by atoms with Crippen LogP contribution in [-0.4, -0.2) is 6.04 Å². The average Bonchev–Trinajstić information content (AvgIpc) is 2.78. The number of fused-ring (bicyclic) bond motifs is 6. The highest BCUT2D eigenvalue weighted by Gasteiger charge is 2.27. The van der Waals surface area contributed by atoms with E-state index in [0.717, 1.165) is 20.6 Å². The normalized spacial score (nSPS) is 18.9. The topological polar surface area (TPSA) is 24.7 Å². The summed E-state index contributed by atoms with van der Waals surface area (Å²) >= 11 is 3.51. The SMILES string of the molecule is Brc1ccc(-c2ccc3c4c(ccc3c2)=NC2C=Cc3ccccc3C2N=4)cc1. The van der Waals surface area contributed by atoms with Crippen LogP contribution in [0.3, 0.4) is 0 Å². The van der Waals surface area contributed by atoms with Gasteiger partial charge in [0.2, 0.25) is 0 Å². The molecule has 0 aromatic heterocycles. The van der Waals surface area contributed by atoms with Gasteiger partial charge < -0.3 is 0 Å². The number of hydrogen-bond acceptors (Lipinski definition) is 2. The standard InChI is InChI=1S/C26H17BrN2/c27-20-10-5-16(6-11-20)18-7-12-22-19(15-18)9-14-24-26(22)29-25-21-4-2-1-3-17(21)8-13-23(25)28-24/h1-15,23,25H. The maximum atomic E-state index is 5.20. The van der Waals surface area contributed by atoms with Gasteiger partial charge in [-0.3, -0.25) is 9.98 Å². The second-order valence-electron chi connectivity index (χ2n) is 7.56. The molecular weight excluding hydrogens is 420 g/mol. The molecule has 2 atom stereocenters. The van der Waals surface area contributed by atoms with Crippen molar-refractivity contribution >= 4 is 32.8 Å². The highest BCUT2D eigenvalue weighted by atomic mass is 79.9. The Kier molecular flexibility index (Phi) is 3.78. The Morgan fingerprint density at radius 3 is 2.48 bits per heavy atom. The number of hydrogen-bond donors (Lipinski definition) is 0. The lowest BCUT2D eigenvalue weighted by molar-refractivity contribution is 0.588. The van der Waals surface area contributed by atoms with Crippen LogP contribution in [0.25, 0.3) is 28.0 Å². The summed E-state index contributed by atoms with van der Waals surface area (Å²) in [5.41, 5.74) is 4.93. The van der Waals surface area contributed by atoms with Crippen molar-refractivity contribution in [2.75, 3.05) is 0 Å². The minimum absolute atomic E-state index is 0.0560. The van der Waals surface area contributed by atoms with Crippen molar-refractivity contribution in [2.24, 2.45) is 9.98 Å². The molecule has 138 valence electrons. The number of rotatable bonds is 1. The van der Waals surface area contributed by atoms with Gasteiger partial charge in [-0.15, -0.1) is 0 Å². The fourth-order valence-electron chi connectivity index (χ4n) is 4.35. The molecule has 1 aliphatic heterocycles. The quantitative estimate of drug-likeness (QED) is 0.367. The second kappa shape index (κ2) is 6.50. The average molecular weight is 437 g/mol. The summed E-state index contributed by atoms with van der Waals surface area (Å²) < 4.78 is 1.09. The summed E-state index contributed by atoms with van der Waals surface area (Å²) in [5.74, 6) is 0. The zero-order chi connectivity index (χ0) is 19.4. The summed E-state index contributed by atoms with van der Waals surface area (Å²) in [6, 6.07) is 28.0. The van der Waals surface area contributed by atoms with Crippen LogP contribution in [-0.2, 0) is 0 Å². The molecule has 0 amide bonds. The van der Waals surface area contributed by atoms with Crippen molar-refractivity contribution < 1.29 is 0 Å². The molecule has 1 heterocycles. The van der Waals surface area contributed by atoms with Crippen LogP contribution >= 0.6 is 15.9 Å². The van der Waals surface area contributed by atoms with E-state index in [9.17, 15) is 0 Å². The van der Waals surface area contributed by atoms with Gasteiger partial charge in [-0.05, 0) is 51.9 Å². The molecular formula is C26H17BrN2. The first-order valence-electron chi connectivity index (χ1n) is 9.78. The Morgan fingerprint density at radius 2 is 1.59 bits per heavy atom. The minimum Gasteiger partial charge on any atom is -0.273 e. The molecule has 0 bridgehead atoms. The first-order chi connectivity index (χ1) is 14.3. The molecule has 29 heavy (non-hydrogen) atoms. The van der Waals surface area contributed by atoms with Crippen molar-refractivity contribution in [1.82, 2.24) is 0 Å². The van der Waals surface area contributed by atoms with E-state index in [-0.39, 0.29) is 12.1 Å². The maximum Gasteiger partial charge on any atom is 0.102 e. The highest BCUT2D eigenvalue weighted by molar-refractivity contribution is 9.10. The number of nitrogens with zero attached hydrogens (tertiary/aromatic N) is 2. The van der Waals surface area contributed by atoms with Gasteiger partial charge in [0, 0.05) is 9.86 Å². The summed E-state index contributed by atoms with van der Waals surface area (Å²) in [4.78, 5) is 10.2. The Bertz CT molecular complexity index is 1420. The molecule has 0 spiro atoms. The van der Waals surface area contributed by atoms with E-state index in [0.29, 0.717) is 0 Å². The fraction of sp³-hybridized carbons (Fsp3) is 0.0769.